The average molecular weight is 462 g/mol. The van der Waals surface area contributed by atoms with Gasteiger partial charge in [0.15, 0.2) is 6.61 Å². The van der Waals surface area contributed by atoms with E-state index in [1.165, 1.54) is 12.1 Å². The Hall–Kier alpha value is -3.13. The fraction of sp³-hybridized carbons (Fsp3) is 0.348. The lowest BCUT2D eigenvalue weighted by molar-refractivity contribution is -0.126. The van der Waals surface area contributed by atoms with Crippen LogP contribution in [-0.4, -0.2) is 37.4 Å². The number of ether oxygens (including phenoxy) is 1. The molecule has 2 N–H and O–H groups in total. The topological polar surface area (TPSA) is 87.7 Å². The van der Waals surface area contributed by atoms with Crippen LogP contribution in [0, 0.1) is 17.7 Å². The van der Waals surface area contributed by atoms with Crippen molar-refractivity contribution < 1.29 is 23.5 Å². The summed E-state index contributed by atoms with van der Waals surface area (Å²) >= 11 is 5.70. The lowest BCUT2D eigenvalue weighted by Gasteiger charge is -2.17. The molecule has 32 heavy (non-hydrogen) atoms. The summed E-state index contributed by atoms with van der Waals surface area (Å²) in [5.74, 6) is -0.805. The maximum Gasteiger partial charge on any atom is 0.262 e. The minimum Gasteiger partial charge on any atom is -0.484 e. The number of hydrogen-bond acceptors (Lipinski definition) is 4. The van der Waals surface area contributed by atoms with Gasteiger partial charge >= 0.3 is 0 Å². The molecular weight excluding hydrogens is 437 g/mol. The van der Waals surface area contributed by atoms with Gasteiger partial charge in [0, 0.05) is 30.9 Å². The van der Waals surface area contributed by atoms with Crippen molar-refractivity contribution in [1.82, 2.24) is 5.32 Å². The Labute approximate surface area is 190 Å². The predicted molar refractivity (Wildman–Crippen MR) is 120 cm³/mol. The predicted octanol–water partition coefficient (Wildman–Crippen LogP) is 3.62. The molecule has 0 aromatic heterocycles. The molecule has 0 aliphatic carbocycles. The Kier molecular flexibility index (Phi) is 7.69. The first-order chi connectivity index (χ1) is 15.2. The second-order valence-corrected chi connectivity index (χ2v) is 8.41. The van der Waals surface area contributed by atoms with Crippen LogP contribution in [-0.2, 0) is 14.4 Å². The van der Waals surface area contributed by atoms with Gasteiger partial charge in [-0.3, -0.25) is 14.4 Å². The SMILES string of the molecule is CC(C)CNC(=O)C1CC(=O)N(c2ccc(OCC(=O)Nc3ccc(F)c(Cl)c3)cc2)C1. The van der Waals surface area contributed by atoms with E-state index >= 15 is 0 Å². The van der Waals surface area contributed by atoms with E-state index in [2.05, 4.69) is 10.6 Å². The molecule has 0 saturated carbocycles. The summed E-state index contributed by atoms with van der Waals surface area (Å²) in [5.41, 5.74) is 1.02. The molecule has 1 fully saturated rings. The fourth-order valence-electron chi connectivity index (χ4n) is 3.22. The van der Waals surface area contributed by atoms with Gasteiger partial charge in [0.25, 0.3) is 5.91 Å². The van der Waals surface area contributed by atoms with Gasteiger partial charge < -0.3 is 20.3 Å². The normalized spacial score (nSPS) is 15.7. The van der Waals surface area contributed by atoms with E-state index in [1.807, 2.05) is 13.8 Å². The largest absolute Gasteiger partial charge is 0.484 e. The molecule has 1 aliphatic rings. The Morgan fingerprint density at radius 1 is 1.22 bits per heavy atom. The minimum atomic E-state index is -0.569. The average Bonchev–Trinajstić information content (AvgIpc) is 3.15. The van der Waals surface area contributed by atoms with Crippen molar-refractivity contribution in [1.29, 1.82) is 0 Å². The van der Waals surface area contributed by atoms with Gasteiger partial charge in [0.1, 0.15) is 11.6 Å². The highest BCUT2D eigenvalue weighted by atomic mass is 35.5. The van der Waals surface area contributed by atoms with Gasteiger partial charge in [0.2, 0.25) is 11.8 Å². The van der Waals surface area contributed by atoms with Gasteiger partial charge in [-0.1, -0.05) is 25.4 Å². The first-order valence-corrected chi connectivity index (χ1v) is 10.7. The first-order valence-electron chi connectivity index (χ1n) is 10.3. The summed E-state index contributed by atoms with van der Waals surface area (Å²) in [5, 5.41) is 5.36. The van der Waals surface area contributed by atoms with Crippen LogP contribution in [0.1, 0.15) is 20.3 Å². The molecule has 2 aromatic carbocycles. The number of anilines is 2. The molecule has 1 saturated heterocycles. The highest BCUT2D eigenvalue weighted by molar-refractivity contribution is 6.31. The zero-order valence-corrected chi connectivity index (χ0v) is 18.6. The van der Waals surface area contributed by atoms with Crippen molar-refractivity contribution in [3.05, 3.63) is 53.3 Å². The maximum atomic E-state index is 13.2. The minimum absolute atomic E-state index is 0.0876. The number of carbonyl (C=O) groups excluding carboxylic acids is 3. The maximum absolute atomic E-state index is 13.2. The van der Waals surface area contributed by atoms with E-state index < -0.39 is 11.7 Å². The second kappa shape index (κ2) is 10.5. The number of rotatable bonds is 8. The number of amides is 3. The van der Waals surface area contributed by atoms with E-state index in [1.54, 1.807) is 29.2 Å². The van der Waals surface area contributed by atoms with E-state index in [9.17, 15) is 18.8 Å². The first kappa shape index (κ1) is 23.5. The molecule has 170 valence electrons. The van der Waals surface area contributed by atoms with E-state index in [4.69, 9.17) is 16.3 Å². The highest BCUT2D eigenvalue weighted by Crippen LogP contribution is 2.27. The highest BCUT2D eigenvalue weighted by Gasteiger charge is 2.35. The number of carbonyl (C=O) groups is 3. The fourth-order valence-corrected chi connectivity index (χ4v) is 3.40. The third kappa shape index (κ3) is 6.20. The van der Waals surface area contributed by atoms with Crippen molar-refractivity contribution in [3.63, 3.8) is 0 Å². The molecule has 9 heteroatoms. The number of nitrogens with one attached hydrogen (secondary N) is 2. The van der Waals surface area contributed by atoms with Gasteiger partial charge in [0.05, 0.1) is 10.9 Å². The van der Waals surface area contributed by atoms with Crippen LogP contribution >= 0.6 is 11.6 Å². The number of halogens is 2. The third-order valence-corrected chi connectivity index (χ3v) is 5.19. The molecule has 1 unspecified atom stereocenters. The number of nitrogens with zero attached hydrogens (tertiary/aromatic N) is 1. The van der Waals surface area contributed by atoms with Gasteiger partial charge in [-0.05, 0) is 48.4 Å². The Morgan fingerprint density at radius 3 is 2.59 bits per heavy atom. The smallest absolute Gasteiger partial charge is 0.262 e. The number of benzene rings is 2. The molecule has 3 amide bonds. The van der Waals surface area contributed by atoms with Crippen LogP contribution < -0.4 is 20.3 Å². The molecule has 1 heterocycles. The quantitative estimate of drug-likeness (QED) is 0.628. The van der Waals surface area contributed by atoms with E-state index in [0.29, 0.717) is 36.1 Å². The lowest BCUT2D eigenvalue weighted by Crippen LogP contribution is -2.35. The van der Waals surface area contributed by atoms with E-state index in [0.717, 1.165) is 6.07 Å². The Bertz CT molecular complexity index is 997. The third-order valence-electron chi connectivity index (χ3n) is 4.90. The summed E-state index contributed by atoms with van der Waals surface area (Å²) in [6.07, 6.45) is 0.176. The van der Waals surface area contributed by atoms with Gasteiger partial charge in [-0.2, -0.15) is 0 Å². The van der Waals surface area contributed by atoms with Crippen LogP contribution in [0.25, 0.3) is 0 Å². The van der Waals surface area contributed by atoms with Gasteiger partial charge in [-0.15, -0.1) is 0 Å². The van der Waals surface area contributed by atoms with Crippen LogP contribution in [0.15, 0.2) is 42.5 Å². The second-order valence-electron chi connectivity index (χ2n) is 8.00. The lowest BCUT2D eigenvalue weighted by atomic mass is 10.1. The molecule has 1 atom stereocenters. The van der Waals surface area contributed by atoms with Crippen molar-refractivity contribution in [2.75, 3.05) is 29.9 Å². The molecule has 1 aliphatic heterocycles. The summed E-state index contributed by atoms with van der Waals surface area (Å²) < 4.78 is 18.7. The Balaban J connectivity index is 1.51. The van der Waals surface area contributed by atoms with Crippen molar-refractivity contribution >= 4 is 40.7 Å². The van der Waals surface area contributed by atoms with Crippen molar-refractivity contribution in [3.8, 4) is 5.75 Å². The van der Waals surface area contributed by atoms with Crippen LogP contribution in [0.5, 0.6) is 5.75 Å². The zero-order valence-electron chi connectivity index (χ0n) is 17.9. The summed E-state index contributed by atoms with van der Waals surface area (Å²) in [7, 11) is 0. The summed E-state index contributed by atoms with van der Waals surface area (Å²) in [6, 6.07) is 10.6. The monoisotopic (exact) mass is 461 g/mol. The van der Waals surface area contributed by atoms with E-state index in [-0.39, 0.29) is 35.8 Å². The molecule has 0 radical (unpaired) electrons. The molecule has 7 nitrogen and oxygen atoms in total. The Morgan fingerprint density at radius 2 is 1.94 bits per heavy atom. The number of hydrogen-bond donors (Lipinski definition) is 2. The summed E-state index contributed by atoms with van der Waals surface area (Å²) in [6.45, 7) is 4.67. The van der Waals surface area contributed by atoms with Crippen LogP contribution in [0.4, 0.5) is 15.8 Å². The zero-order chi connectivity index (χ0) is 23.3. The molecule has 0 bridgehead atoms. The van der Waals surface area contributed by atoms with Gasteiger partial charge in [-0.25, -0.2) is 4.39 Å². The summed E-state index contributed by atoms with van der Waals surface area (Å²) in [4.78, 5) is 38.3. The van der Waals surface area contributed by atoms with Crippen molar-refractivity contribution in [2.45, 2.75) is 20.3 Å². The van der Waals surface area contributed by atoms with Crippen LogP contribution in [0.2, 0.25) is 5.02 Å². The molecular formula is C23H25ClFN3O4. The molecule has 2 aromatic rings. The van der Waals surface area contributed by atoms with Crippen LogP contribution in [0.3, 0.4) is 0 Å². The molecule has 0 spiro atoms. The van der Waals surface area contributed by atoms with Crippen molar-refractivity contribution in [2.24, 2.45) is 11.8 Å². The molecule has 3 rings (SSSR count). The standard InChI is InChI=1S/C23H25ClFN3O4/c1-14(2)11-26-23(31)15-9-22(30)28(12-15)17-4-6-18(7-5-17)32-13-21(29)27-16-3-8-20(25)19(24)10-16/h3-8,10,14-15H,9,11-13H2,1-2H3,(H,26,31)(H,27,29).